The minimum absolute atomic E-state index is 0.0909. The first-order valence-corrected chi connectivity index (χ1v) is 5.99. The van der Waals surface area contributed by atoms with Gasteiger partial charge in [-0.05, 0) is 12.8 Å². The van der Waals surface area contributed by atoms with E-state index in [4.69, 9.17) is 10.8 Å². The molecule has 0 aromatic carbocycles. The van der Waals surface area contributed by atoms with Crippen molar-refractivity contribution >= 4 is 17.6 Å². The predicted molar refractivity (Wildman–Crippen MR) is 68.6 cm³/mol. The average molecular weight is 253 g/mol. The number of nitrogen functional groups attached to an aromatic ring is 1. The van der Waals surface area contributed by atoms with Gasteiger partial charge in [0.25, 0.3) is 0 Å². The molecule has 2 rings (SSSR count). The smallest absolute Gasteiger partial charge is 0.407 e. The number of rotatable bonds is 2. The molecule has 1 fully saturated rings. The SMILES string of the molecule is CN(C(=O)O)C1CCN(c2c(N)cnn2C)CC1. The molecule has 100 valence electrons. The second-order valence-electron chi connectivity index (χ2n) is 4.66. The van der Waals surface area contributed by atoms with Crippen molar-refractivity contribution in [3.05, 3.63) is 6.20 Å². The molecule has 1 aliphatic rings. The number of carboxylic acid groups (broad SMARTS) is 1. The van der Waals surface area contributed by atoms with Crippen molar-refractivity contribution < 1.29 is 9.90 Å². The number of amides is 1. The van der Waals surface area contributed by atoms with E-state index in [1.165, 1.54) is 4.90 Å². The third-order valence-corrected chi connectivity index (χ3v) is 3.55. The summed E-state index contributed by atoms with van der Waals surface area (Å²) in [4.78, 5) is 14.4. The summed E-state index contributed by atoms with van der Waals surface area (Å²) in [6, 6.07) is 0.0909. The van der Waals surface area contributed by atoms with E-state index < -0.39 is 6.09 Å². The molecule has 0 aliphatic carbocycles. The number of anilines is 2. The summed E-state index contributed by atoms with van der Waals surface area (Å²) in [5.41, 5.74) is 6.55. The first kappa shape index (κ1) is 12.5. The highest BCUT2D eigenvalue weighted by Gasteiger charge is 2.27. The van der Waals surface area contributed by atoms with Crippen molar-refractivity contribution in [1.29, 1.82) is 0 Å². The molecule has 7 heteroatoms. The molecule has 1 aromatic rings. The van der Waals surface area contributed by atoms with Crippen LogP contribution < -0.4 is 10.6 Å². The second-order valence-corrected chi connectivity index (χ2v) is 4.66. The second kappa shape index (κ2) is 4.75. The van der Waals surface area contributed by atoms with E-state index >= 15 is 0 Å². The van der Waals surface area contributed by atoms with Crippen molar-refractivity contribution in [3.8, 4) is 0 Å². The first-order chi connectivity index (χ1) is 8.50. The Balaban J connectivity index is 2.01. The number of carbonyl (C=O) groups is 1. The Kier molecular flexibility index (Phi) is 3.31. The van der Waals surface area contributed by atoms with E-state index in [0.29, 0.717) is 5.69 Å². The lowest BCUT2D eigenvalue weighted by Gasteiger charge is -2.36. The number of hydrogen-bond acceptors (Lipinski definition) is 4. The normalized spacial score (nSPS) is 16.9. The van der Waals surface area contributed by atoms with E-state index in [1.807, 2.05) is 7.05 Å². The lowest BCUT2D eigenvalue weighted by atomic mass is 10.0. The molecule has 1 aliphatic heterocycles. The van der Waals surface area contributed by atoms with Gasteiger partial charge in [0.1, 0.15) is 5.82 Å². The third-order valence-electron chi connectivity index (χ3n) is 3.55. The average Bonchev–Trinajstić information content (AvgIpc) is 2.68. The lowest BCUT2D eigenvalue weighted by molar-refractivity contribution is 0.131. The molecule has 1 amide bonds. The zero-order chi connectivity index (χ0) is 13.3. The zero-order valence-corrected chi connectivity index (χ0v) is 10.7. The van der Waals surface area contributed by atoms with Gasteiger partial charge >= 0.3 is 6.09 Å². The summed E-state index contributed by atoms with van der Waals surface area (Å²) >= 11 is 0. The van der Waals surface area contributed by atoms with Gasteiger partial charge in [-0.15, -0.1) is 0 Å². The van der Waals surface area contributed by atoms with E-state index in [9.17, 15) is 4.79 Å². The van der Waals surface area contributed by atoms with Crippen LogP contribution in [0.1, 0.15) is 12.8 Å². The Labute approximate surface area is 106 Å². The van der Waals surface area contributed by atoms with Crippen LogP contribution in [-0.4, -0.2) is 52.1 Å². The van der Waals surface area contributed by atoms with Crippen molar-refractivity contribution in [2.24, 2.45) is 7.05 Å². The molecule has 0 unspecified atom stereocenters. The monoisotopic (exact) mass is 253 g/mol. The number of aryl methyl sites for hydroxylation is 1. The minimum Gasteiger partial charge on any atom is -0.465 e. The Morgan fingerprint density at radius 3 is 2.61 bits per heavy atom. The van der Waals surface area contributed by atoms with E-state index in [0.717, 1.165) is 31.7 Å². The lowest BCUT2D eigenvalue weighted by Crippen LogP contribution is -2.45. The molecule has 3 N–H and O–H groups in total. The summed E-state index contributed by atoms with van der Waals surface area (Å²) in [5.74, 6) is 0.923. The van der Waals surface area contributed by atoms with E-state index in [-0.39, 0.29) is 6.04 Å². The van der Waals surface area contributed by atoms with Gasteiger partial charge in [0.05, 0.1) is 11.9 Å². The topological polar surface area (TPSA) is 87.6 Å². The fraction of sp³-hybridized carbons (Fsp3) is 0.636. The summed E-state index contributed by atoms with van der Waals surface area (Å²) in [5, 5.41) is 13.1. The van der Waals surface area contributed by atoms with Crippen LogP contribution in [0.2, 0.25) is 0 Å². The van der Waals surface area contributed by atoms with Crippen molar-refractivity contribution in [1.82, 2.24) is 14.7 Å². The zero-order valence-electron chi connectivity index (χ0n) is 10.7. The third kappa shape index (κ3) is 2.20. The van der Waals surface area contributed by atoms with Gasteiger partial charge in [-0.1, -0.05) is 0 Å². The van der Waals surface area contributed by atoms with Crippen LogP contribution in [0.25, 0.3) is 0 Å². The molecule has 0 atom stereocenters. The van der Waals surface area contributed by atoms with Crippen molar-refractivity contribution in [3.63, 3.8) is 0 Å². The van der Waals surface area contributed by atoms with Crippen LogP contribution in [0.5, 0.6) is 0 Å². The highest BCUT2D eigenvalue weighted by Crippen LogP contribution is 2.26. The molecular formula is C11H19N5O2. The summed E-state index contributed by atoms with van der Waals surface area (Å²) in [6.07, 6.45) is 2.40. The Morgan fingerprint density at radius 2 is 2.17 bits per heavy atom. The maximum atomic E-state index is 10.9. The Hall–Kier alpha value is -1.92. The van der Waals surface area contributed by atoms with Crippen LogP contribution in [-0.2, 0) is 7.05 Å². The van der Waals surface area contributed by atoms with Gasteiger partial charge in [-0.2, -0.15) is 5.10 Å². The molecular weight excluding hydrogens is 234 g/mol. The van der Waals surface area contributed by atoms with Crippen molar-refractivity contribution in [2.45, 2.75) is 18.9 Å². The largest absolute Gasteiger partial charge is 0.465 e. The van der Waals surface area contributed by atoms with Crippen molar-refractivity contribution in [2.75, 3.05) is 30.8 Å². The highest BCUT2D eigenvalue weighted by atomic mass is 16.4. The Bertz CT molecular complexity index is 417. The molecule has 1 saturated heterocycles. The summed E-state index contributed by atoms with van der Waals surface area (Å²) in [7, 11) is 3.49. The highest BCUT2D eigenvalue weighted by molar-refractivity contribution is 5.65. The summed E-state index contributed by atoms with van der Waals surface area (Å²) in [6.45, 7) is 1.60. The molecule has 0 spiro atoms. The van der Waals surface area contributed by atoms with Gasteiger partial charge in [0.15, 0.2) is 0 Å². The molecule has 2 heterocycles. The van der Waals surface area contributed by atoms with Gasteiger partial charge in [-0.3, -0.25) is 4.68 Å². The molecule has 18 heavy (non-hydrogen) atoms. The number of piperidine rings is 1. The van der Waals surface area contributed by atoms with Gasteiger partial charge < -0.3 is 20.6 Å². The van der Waals surface area contributed by atoms with E-state index in [2.05, 4.69) is 10.00 Å². The standard InChI is InChI=1S/C11H19N5O2/c1-14(11(17)18)8-3-5-16(6-4-8)10-9(12)7-13-15(10)2/h7-8H,3-6,12H2,1-2H3,(H,17,18). The fourth-order valence-electron chi connectivity index (χ4n) is 2.46. The fourth-order valence-corrected chi connectivity index (χ4v) is 2.46. The number of nitrogens with zero attached hydrogens (tertiary/aromatic N) is 4. The number of nitrogens with two attached hydrogens (primary N) is 1. The van der Waals surface area contributed by atoms with Crippen LogP contribution in [0.4, 0.5) is 16.3 Å². The van der Waals surface area contributed by atoms with Crippen LogP contribution in [0.3, 0.4) is 0 Å². The van der Waals surface area contributed by atoms with Gasteiger partial charge in [-0.25, -0.2) is 4.79 Å². The Morgan fingerprint density at radius 1 is 1.56 bits per heavy atom. The molecule has 0 saturated carbocycles. The predicted octanol–water partition coefficient (Wildman–Crippen LogP) is 0.581. The number of hydrogen-bond donors (Lipinski definition) is 2. The molecule has 0 bridgehead atoms. The summed E-state index contributed by atoms with van der Waals surface area (Å²) < 4.78 is 1.76. The molecule has 0 radical (unpaired) electrons. The number of aromatic nitrogens is 2. The van der Waals surface area contributed by atoms with Gasteiger partial charge in [0.2, 0.25) is 0 Å². The first-order valence-electron chi connectivity index (χ1n) is 5.99. The quantitative estimate of drug-likeness (QED) is 0.805. The van der Waals surface area contributed by atoms with Crippen LogP contribution in [0, 0.1) is 0 Å². The maximum absolute atomic E-state index is 10.9. The van der Waals surface area contributed by atoms with Crippen LogP contribution >= 0.6 is 0 Å². The molecule has 7 nitrogen and oxygen atoms in total. The molecule has 1 aromatic heterocycles. The van der Waals surface area contributed by atoms with Gasteiger partial charge in [0, 0.05) is 33.2 Å². The van der Waals surface area contributed by atoms with Crippen LogP contribution in [0.15, 0.2) is 6.20 Å². The van der Waals surface area contributed by atoms with E-state index in [1.54, 1.807) is 17.9 Å². The maximum Gasteiger partial charge on any atom is 0.407 e. The minimum atomic E-state index is -0.867.